The molecule has 1 aliphatic rings. The van der Waals surface area contributed by atoms with Crippen molar-refractivity contribution in [3.05, 3.63) is 78.5 Å². The second kappa shape index (κ2) is 6.16. The van der Waals surface area contributed by atoms with Crippen LogP contribution in [0.2, 0.25) is 0 Å². The second-order valence-electron chi connectivity index (χ2n) is 5.79. The number of carbonyl (C=O) groups excluding carboxylic acids is 1. The van der Waals surface area contributed by atoms with E-state index in [-0.39, 0.29) is 5.91 Å². The summed E-state index contributed by atoms with van der Waals surface area (Å²) in [4.78, 5) is 19.0. The van der Waals surface area contributed by atoms with Gasteiger partial charge in [-0.1, -0.05) is 18.2 Å². The number of carbonyl (C=O) groups is 1. The summed E-state index contributed by atoms with van der Waals surface area (Å²) in [7, 11) is 0. The van der Waals surface area contributed by atoms with Crippen molar-refractivity contribution in [3.8, 4) is 0 Å². The topological polar surface area (TPSA) is 45.2 Å². The number of pyridine rings is 1. The molecule has 0 saturated carbocycles. The molecule has 1 amide bonds. The molecule has 3 aromatic rings. The highest BCUT2D eigenvalue weighted by molar-refractivity contribution is 6.05. The Morgan fingerprint density at radius 1 is 1.00 bits per heavy atom. The molecule has 0 fully saturated rings. The van der Waals surface area contributed by atoms with Crippen molar-refractivity contribution < 1.29 is 4.79 Å². The van der Waals surface area contributed by atoms with E-state index in [1.54, 1.807) is 6.20 Å². The molecule has 0 atom stereocenters. The van der Waals surface area contributed by atoms with Crippen LogP contribution in [0.4, 0.5) is 11.4 Å². The first kappa shape index (κ1) is 14.5. The Balaban J connectivity index is 1.50. The zero-order chi connectivity index (χ0) is 16.4. The fourth-order valence-electron chi connectivity index (χ4n) is 2.87. The number of aromatic nitrogens is 1. The predicted octanol–water partition coefficient (Wildman–Crippen LogP) is 3.86. The van der Waals surface area contributed by atoms with Gasteiger partial charge in [-0.15, -0.1) is 0 Å². The van der Waals surface area contributed by atoms with E-state index in [2.05, 4.69) is 27.4 Å². The molecule has 2 heterocycles. The lowest BCUT2D eigenvalue weighted by molar-refractivity contribution is 0.102. The van der Waals surface area contributed by atoms with E-state index in [1.165, 1.54) is 0 Å². The molecule has 1 aromatic heterocycles. The van der Waals surface area contributed by atoms with Gasteiger partial charge in [0.2, 0.25) is 0 Å². The largest absolute Gasteiger partial charge is 0.364 e. The molecule has 4 nitrogen and oxygen atoms in total. The summed E-state index contributed by atoms with van der Waals surface area (Å²) in [6, 6.07) is 17.3. The van der Waals surface area contributed by atoms with Gasteiger partial charge in [0.15, 0.2) is 0 Å². The SMILES string of the molecule is O=C(Nc1ccc2ncccc2c1)c1ccc(N2CC=CC2)cc1. The number of benzene rings is 2. The molecule has 2 aromatic carbocycles. The normalized spacial score (nSPS) is 13.4. The van der Waals surface area contributed by atoms with E-state index in [0.29, 0.717) is 5.56 Å². The van der Waals surface area contributed by atoms with Crippen molar-refractivity contribution in [3.63, 3.8) is 0 Å². The number of amides is 1. The first-order valence-corrected chi connectivity index (χ1v) is 7.96. The Hall–Kier alpha value is -3.14. The number of anilines is 2. The fourth-order valence-corrected chi connectivity index (χ4v) is 2.87. The summed E-state index contributed by atoms with van der Waals surface area (Å²) in [6.45, 7) is 1.85. The lowest BCUT2D eigenvalue weighted by atomic mass is 10.1. The Bertz CT molecular complexity index is 908. The molecule has 0 bridgehead atoms. The lowest BCUT2D eigenvalue weighted by Gasteiger charge is -2.17. The second-order valence-corrected chi connectivity index (χ2v) is 5.79. The standard InChI is InChI=1S/C20H17N3O/c24-20(15-5-8-18(9-6-15)23-12-1-2-13-23)22-17-7-10-19-16(14-17)4-3-11-21-19/h1-11,14H,12-13H2,(H,22,24). The molecule has 0 saturated heterocycles. The minimum absolute atomic E-state index is 0.107. The Morgan fingerprint density at radius 3 is 2.58 bits per heavy atom. The minimum atomic E-state index is -0.107. The third-order valence-corrected chi connectivity index (χ3v) is 4.17. The zero-order valence-electron chi connectivity index (χ0n) is 13.1. The average molecular weight is 315 g/mol. The molecule has 0 aliphatic carbocycles. The number of nitrogens with zero attached hydrogens (tertiary/aromatic N) is 2. The van der Waals surface area contributed by atoms with E-state index < -0.39 is 0 Å². The van der Waals surface area contributed by atoms with Gasteiger partial charge in [0.05, 0.1) is 5.52 Å². The molecule has 1 N–H and O–H groups in total. The summed E-state index contributed by atoms with van der Waals surface area (Å²) < 4.78 is 0. The molecule has 4 rings (SSSR count). The maximum Gasteiger partial charge on any atom is 0.255 e. The van der Waals surface area contributed by atoms with E-state index in [0.717, 1.165) is 35.4 Å². The molecule has 0 unspecified atom stereocenters. The van der Waals surface area contributed by atoms with Crippen LogP contribution in [0.25, 0.3) is 10.9 Å². The third kappa shape index (κ3) is 2.86. The van der Waals surface area contributed by atoms with Gasteiger partial charge in [0.25, 0.3) is 5.91 Å². The van der Waals surface area contributed by atoms with Gasteiger partial charge in [0.1, 0.15) is 0 Å². The van der Waals surface area contributed by atoms with Gasteiger partial charge in [-0.05, 0) is 48.5 Å². The maximum atomic E-state index is 12.4. The van der Waals surface area contributed by atoms with E-state index in [4.69, 9.17) is 0 Å². The quantitative estimate of drug-likeness (QED) is 0.746. The summed E-state index contributed by atoms with van der Waals surface area (Å²) in [5, 5.41) is 3.95. The van der Waals surface area contributed by atoms with E-state index in [1.807, 2.05) is 54.6 Å². The van der Waals surface area contributed by atoms with Crippen molar-refractivity contribution in [2.24, 2.45) is 0 Å². The van der Waals surface area contributed by atoms with Crippen molar-refractivity contribution in [1.29, 1.82) is 0 Å². The monoisotopic (exact) mass is 315 g/mol. The zero-order valence-corrected chi connectivity index (χ0v) is 13.1. The van der Waals surface area contributed by atoms with Crippen LogP contribution in [-0.4, -0.2) is 24.0 Å². The van der Waals surface area contributed by atoms with Crippen LogP contribution >= 0.6 is 0 Å². The third-order valence-electron chi connectivity index (χ3n) is 4.17. The highest BCUT2D eigenvalue weighted by Gasteiger charge is 2.10. The van der Waals surface area contributed by atoms with E-state index >= 15 is 0 Å². The molecule has 118 valence electrons. The molecule has 1 aliphatic heterocycles. The van der Waals surface area contributed by atoms with Gasteiger partial charge in [-0.3, -0.25) is 9.78 Å². The summed E-state index contributed by atoms with van der Waals surface area (Å²) in [5.41, 5.74) is 3.47. The van der Waals surface area contributed by atoms with Crippen LogP contribution in [0, 0.1) is 0 Å². The smallest absolute Gasteiger partial charge is 0.255 e. The van der Waals surface area contributed by atoms with Crippen molar-refractivity contribution in [2.75, 3.05) is 23.3 Å². The summed E-state index contributed by atoms with van der Waals surface area (Å²) in [5.74, 6) is -0.107. The molecule has 0 radical (unpaired) electrons. The van der Waals surface area contributed by atoms with E-state index in [9.17, 15) is 4.79 Å². The van der Waals surface area contributed by atoms with Crippen LogP contribution in [0.15, 0.2) is 72.9 Å². The van der Waals surface area contributed by atoms with Crippen molar-refractivity contribution >= 4 is 28.2 Å². The fraction of sp³-hybridized carbons (Fsp3) is 0.100. The predicted molar refractivity (Wildman–Crippen MR) is 97.5 cm³/mol. The first-order chi connectivity index (χ1) is 11.8. The Kier molecular flexibility index (Phi) is 3.71. The van der Waals surface area contributed by atoms with Crippen molar-refractivity contribution in [2.45, 2.75) is 0 Å². The number of hydrogen-bond acceptors (Lipinski definition) is 3. The van der Waals surface area contributed by atoms with Crippen LogP contribution < -0.4 is 10.2 Å². The molecular formula is C20H17N3O. The van der Waals surface area contributed by atoms with Gasteiger partial charge in [-0.25, -0.2) is 0 Å². The molecular weight excluding hydrogens is 298 g/mol. The van der Waals surface area contributed by atoms with Crippen molar-refractivity contribution in [1.82, 2.24) is 4.98 Å². The number of rotatable bonds is 3. The maximum absolute atomic E-state index is 12.4. The van der Waals surface area contributed by atoms with Gasteiger partial charge < -0.3 is 10.2 Å². The first-order valence-electron chi connectivity index (χ1n) is 7.96. The highest BCUT2D eigenvalue weighted by Crippen LogP contribution is 2.20. The Morgan fingerprint density at radius 2 is 1.79 bits per heavy atom. The van der Waals surface area contributed by atoms with Crippen LogP contribution in [0.5, 0.6) is 0 Å². The lowest BCUT2D eigenvalue weighted by Crippen LogP contribution is -2.18. The average Bonchev–Trinajstić information content (AvgIpc) is 3.16. The number of nitrogens with one attached hydrogen (secondary N) is 1. The number of hydrogen-bond donors (Lipinski definition) is 1. The van der Waals surface area contributed by atoms with Crippen LogP contribution in [0.3, 0.4) is 0 Å². The van der Waals surface area contributed by atoms with Gasteiger partial charge >= 0.3 is 0 Å². The van der Waals surface area contributed by atoms with Gasteiger partial charge in [-0.2, -0.15) is 0 Å². The van der Waals surface area contributed by atoms with Crippen LogP contribution in [-0.2, 0) is 0 Å². The van der Waals surface area contributed by atoms with Crippen LogP contribution in [0.1, 0.15) is 10.4 Å². The summed E-state index contributed by atoms with van der Waals surface area (Å²) >= 11 is 0. The Labute approximate surface area is 140 Å². The highest BCUT2D eigenvalue weighted by atomic mass is 16.1. The number of fused-ring (bicyclic) bond motifs is 1. The molecule has 24 heavy (non-hydrogen) atoms. The minimum Gasteiger partial charge on any atom is -0.364 e. The summed E-state index contributed by atoms with van der Waals surface area (Å²) in [6.07, 6.45) is 6.06. The van der Waals surface area contributed by atoms with Gasteiger partial charge in [0, 0.05) is 41.6 Å². The molecule has 0 spiro atoms. The molecule has 4 heteroatoms.